The average Bonchev–Trinajstić information content (AvgIpc) is 2.90. The molecule has 4 rings (SSSR count). The Morgan fingerprint density at radius 3 is 1.00 bits per heavy atom. The van der Waals surface area contributed by atoms with Crippen molar-refractivity contribution in [1.29, 1.82) is 0 Å². The Morgan fingerprint density at radius 1 is 0.487 bits per heavy atom. The lowest BCUT2D eigenvalue weighted by atomic mass is 10.3. The molecule has 1 unspecified atom stereocenters. The van der Waals surface area contributed by atoms with Gasteiger partial charge in [-0.25, -0.2) is 0 Å². The van der Waals surface area contributed by atoms with E-state index in [1.54, 1.807) is 0 Å². The molecule has 0 aliphatic carbocycles. The second kappa shape index (κ2) is 15.1. The maximum atomic E-state index is 9.75. The van der Waals surface area contributed by atoms with Gasteiger partial charge in [-0.3, -0.25) is 0 Å². The highest BCUT2D eigenvalue weighted by Crippen LogP contribution is 2.57. The summed E-state index contributed by atoms with van der Waals surface area (Å²) in [7, 11) is -13.6. The predicted molar refractivity (Wildman–Crippen MR) is 153 cm³/mol. The minimum absolute atomic E-state index is 0.184. The number of benzene rings is 4. The second-order valence-electron chi connectivity index (χ2n) is 8.03. The molecule has 0 aliphatic rings. The molecule has 39 heavy (non-hydrogen) atoms. The molecule has 4 aromatic rings. The van der Waals surface area contributed by atoms with Gasteiger partial charge >= 0.3 is 14.5 Å². The number of hydrogen-bond acceptors (Lipinski definition) is 0. The smallest absolute Gasteiger partial charge is 0.418 e. The Bertz CT molecular complexity index is 1090. The van der Waals surface area contributed by atoms with Crippen molar-refractivity contribution in [3.05, 3.63) is 121 Å². The highest BCUT2D eigenvalue weighted by atomic mass is 32.2. The van der Waals surface area contributed by atoms with Crippen LogP contribution in [0.3, 0.4) is 0 Å². The van der Waals surface area contributed by atoms with E-state index in [4.69, 9.17) is 0 Å². The van der Waals surface area contributed by atoms with Crippen molar-refractivity contribution in [1.82, 2.24) is 0 Å². The third-order valence-electron chi connectivity index (χ3n) is 5.37. The summed E-state index contributed by atoms with van der Waals surface area (Å²) < 4.78 is 78.0. The Balaban J connectivity index is 0.000000458. The molecule has 0 saturated carbocycles. The summed E-state index contributed by atoms with van der Waals surface area (Å²) in [4.78, 5) is 1.47. The van der Waals surface area contributed by atoms with Gasteiger partial charge in [0.2, 0.25) is 5.49 Å². The first-order valence-electron chi connectivity index (χ1n) is 11.9. The van der Waals surface area contributed by atoms with E-state index < -0.39 is 21.8 Å². The van der Waals surface area contributed by atoms with Crippen LogP contribution in [-0.4, -0.2) is 25.8 Å². The van der Waals surface area contributed by atoms with Crippen LogP contribution in [0.1, 0.15) is 6.92 Å². The molecule has 0 nitrogen and oxygen atoms in total. The molecular formula is C27H27B2F8PS. The summed E-state index contributed by atoms with van der Waals surface area (Å²) in [5.74, 6) is 1.16. The van der Waals surface area contributed by atoms with Crippen LogP contribution < -0.4 is 15.9 Å². The summed E-state index contributed by atoms with van der Waals surface area (Å²) in [6.45, 7) is 2.34. The van der Waals surface area contributed by atoms with Crippen molar-refractivity contribution in [2.45, 2.75) is 11.8 Å². The van der Waals surface area contributed by atoms with E-state index in [1.807, 2.05) is 0 Å². The normalized spacial score (nSPS) is 12.3. The zero-order valence-corrected chi connectivity index (χ0v) is 22.7. The summed E-state index contributed by atoms with van der Waals surface area (Å²) in [6.07, 6.45) is 0. The van der Waals surface area contributed by atoms with Crippen LogP contribution in [0.15, 0.2) is 126 Å². The van der Waals surface area contributed by atoms with Gasteiger partial charge in [-0.2, -0.15) is 0 Å². The van der Waals surface area contributed by atoms with E-state index in [2.05, 4.69) is 128 Å². The van der Waals surface area contributed by atoms with Crippen LogP contribution in [0.2, 0.25) is 0 Å². The van der Waals surface area contributed by atoms with Gasteiger partial charge in [0, 0.05) is 0 Å². The van der Waals surface area contributed by atoms with Gasteiger partial charge in [0.1, 0.15) is 21.7 Å². The first-order chi connectivity index (χ1) is 18.3. The van der Waals surface area contributed by atoms with Gasteiger partial charge in [-0.15, -0.1) is 0 Å². The summed E-state index contributed by atoms with van der Waals surface area (Å²) >= 11 is 0. The van der Waals surface area contributed by atoms with Crippen molar-refractivity contribution in [3.63, 3.8) is 0 Å². The fourth-order valence-corrected chi connectivity index (χ4v) is 12.7. The molecule has 0 heterocycles. The maximum absolute atomic E-state index is 9.75. The molecule has 1 atom stereocenters. The van der Waals surface area contributed by atoms with E-state index in [0.717, 1.165) is 5.75 Å². The fourth-order valence-electron chi connectivity index (χ4n) is 3.90. The van der Waals surface area contributed by atoms with E-state index in [1.165, 1.54) is 26.3 Å². The monoisotopic (exact) mass is 588 g/mol. The van der Waals surface area contributed by atoms with Crippen LogP contribution in [-0.2, 0) is 10.9 Å². The van der Waals surface area contributed by atoms with Crippen LogP contribution in [0, 0.1) is 0 Å². The van der Waals surface area contributed by atoms with Gasteiger partial charge < -0.3 is 34.5 Å². The van der Waals surface area contributed by atoms with E-state index in [0.29, 0.717) is 0 Å². The average molecular weight is 588 g/mol. The third kappa shape index (κ3) is 11.5. The topological polar surface area (TPSA) is 0 Å². The van der Waals surface area contributed by atoms with E-state index in [-0.39, 0.29) is 10.9 Å². The second-order valence-corrected chi connectivity index (χ2v) is 14.3. The minimum Gasteiger partial charge on any atom is -0.418 e. The first-order valence-corrected chi connectivity index (χ1v) is 15.4. The van der Waals surface area contributed by atoms with Crippen LogP contribution in [0.25, 0.3) is 0 Å². The zero-order valence-electron chi connectivity index (χ0n) is 21.0. The van der Waals surface area contributed by atoms with Crippen LogP contribution in [0.4, 0.5) is 34.5 Å². The summed E-state index contributed by atoms with van der Waals surface area (Å²) in [6, 6.07) is 44.7. The fraction of sp³-hybridized carbons (Fsp3) is 0.111. The van der Waals surface area contributed by atoms with Crippen molar-refractivity contribution >= 4 is 48.6 Å². The van der Waals surface area contributed by atoms with Crippen molar-refractivity contribution in [2.24, 2.45) is 0 Å². The summed E-state index contributed by atoms with van der Waals surface area (Å²) in [5.41, 5.74) is 1.17. The lowest BCUT2D eigenvalue weighted by Gasteiger charge is -2.26. The molecule has 0 bridgehead atoms. The molecule has 0 saturated heterocycles. The maximum Gasteiger partial charge on any atom is 0.673 e. The molecule has 208 valence electrons. The zero-order chi connectivity index (χ0) is 28.9. The molecule has 0 amide bonds. The van der Waals surface area contributed by atoms with Gasteiger partial charge in [-0.05, 0) is 55.5 Å². The molecule has 12 heteroatoms. The standard InChI is InChI=1S/C27H27PS.2BF4/c1-2-29(27-21-13-6-14-22-27)23-28(24-15-7-3-8-16-24,25-17-9-4-10-18-25)26-19-11-5-12-20-26;2*2-1(3,4)5/h3-22H,2,23H2,1H3;;/q+2;2*-1. The lowest BCUT2D eigenvalue weighted by Crippen LogP contribution is -2.36. The highest BCUT2D eigenvalue weighted by Gasteiger charge is 2.51. The highest BCUT2D eigenvalue weighted by molar-refractivity contribution is 8.11. The molecule has 0 aromatic heterocycles. The third-order valence-corrected chi connectivity index (χ3v) is 13.3. The minimum atomic E-state index is -6.00. The van der Waals surface area contributed by atoms with Crippen LogP contribution in [0.5, 0.6) is 0 Å². The Morgan fingerprint density at radius 2 is 0.744 bits per heavy atom. The van der Waals surface area contributed by atoms with E-state index in [9.17, 15) is 34.5 Å². The van der Waals surface area contributed by atoms with Gasteiger partial charge in [-0.1, -0.05) is 72.8 Å². The Labute approximate surface area is 227 Å². The van der Waals surface area contributed by atoms with Crippen molar-refractivity contribution in [2.75, 3.05) is 11.2 Å². The van der Waals surface area contributed by atoms with Gasteiger partial charge in [0.15, 0.2) is 12.2 Å². The van der Waals surface area contributed by atoms with Crippen molar-refractivity contribution < 1.29 is 34.5 Å². The first kappa shape index (κ1) is 32.4. The molecule has 4 aromatic carbocycles. The number of rotatable bonds is 7. The Kier molecular flexibility index (Phi) is 12.6. The molecule has 0 radical (unpaired) electrons. The largest absolute Gasteiger partial charge is 0.673 e. The quantitative estimate of drug-likeness (QED) is 0.0884. The summed E-state index contributed by atoms with van der Waals surface area (Å²) in [5, 5.41) is 4.41. The van der Waals surface area contributed by atoms with Crippen LogP contribution >= 0.6 is 7.26 Å². The molecular weight excluding hydrogens is 561 g/mol. The van der Waals surface area contributed by atoms with E-state index >= 15 is 0 Å². The molecule has 0 spiro atoms. The number of halogens is 8. The number of hydrogen-bond donors (Lipinski definition) is 0. The molecule has 0 aliphatic heterocycles. The SMILES string of the molecule is CC[S+](C[P+](c1ccccc1)(c1ccccc1)c1ccccc1)c1ccccc1.F[B-](F)(F)F.F[B-](F)(F)F. The molecule has 0 N–H and O–H groups in total. The van der Waals surface area contributed by atoms with Gasteiger partial charge in [0.25, 0.3) is 0 Å². The Hall–Kier alpha value is -2.77. The molecule has 0 fully saturated rings. The van der Waals surface area contributed by atoms with Crippen molar-refractivity contribution in [3.8, 4) is 0 Å². The predicted octanol–water partition coefficient (Wildman–Crippen LogP) is 8.24. The lowest BCUT2D eigenvalue weighted by molar-refractivity contribution is 0.366. The van der Waals surface area contributed by atoms with Gasteiger partial charge in [0.05, 0.1) is 10.9 Å².